The van der Waals surface area contributed by atoms with Crippen molar-refractivity contribution in [2.75, 3.05) is 6.54 Å². The summed E-state index contributed by atoms with van der Waals surface area (Å²) < 4.78 is 0. The smallest absolute Gasteiger partial charge is 0.237 e. The second kappa shape index (κ2) is 10.3. The van der Waals surface area contributed by atoms with Crippen molar-refractivity contribution in [3.8, 4) is 0 Å². The molecule has 160 valence electrons. The van der Waals surface area contributed by atoms with Gasteiger partial charge in [-0.05, 0) is 36.8 Å². The number of nitrogens with zero attached hydrogens (tertiary/aromatic N) is 1. The van der Waals surface area contributed by atoms with Crippen LogP contribution >= 0.6 is 0 Å². The first-order chi connectivity index (χ1) is 14.5. The molecule has 1 heterocycles. The summed E-state index contributed by atoms with van der Waals surface area (Å²) in [5, 5.41) is 20.9. The maximum Gasteiger partial charge on any atom is 0.237 e. The summed E-state index contributed by atoms with van der Waals surface area (Å²) in [7, 11) is 0. The van der Waals surface area contributed by atoms with Crippen molar-refractivity contribution in [1.29, 1.82) is 5.41 Å². The lowest BCUT2D eigenvalue weighted by molar-refractivity contribution is -0.144. The maximum absolute atomic E-state index is 12.6. The van der Waals surface area contributed by atoms with E-state index in [0.29, 0.717) is 31.5 Å². The lowest BCUT2D eigenvalue weighted by atomic mass is 9.97. The number of hydrogen-bond acceptors (Lipinski definition) is 5. The predicted molar refractivity (Wildman–Crippen MR) is 118 cm³/mol. The Labute approximate surface area is 177 Å². The van der Waals surface area contributed by atoms with Crippen LogP contribution in [0.4, 0.5) is 0 Å². The Morgan fingerprint density at radius 1 is 1.17 bits per heavy atom. The van der Waals surface area contributed by atoms with Gasteiger partial charge in [-0.2, -0.15) is 0 Å². The molecule has 0 aliphatic carbocycles. The van der Waals surface area contributed by atoms with Gasteiger partial charge in [-0.1, -0.05) is 54.6 Å². The number of nitrogens with one attached hydrogen (secondary N) is 2. The number of amidine groups is 1. The van der Waals surface area contributed by atoms with E-state index in [2.05, 4.69) is 17.4 Å². The van der Waals surface area contributed by atoms with Crippen molar-refractivity contribution >= 4 is 11.7 Å². The molecule has 7 nitrogen and oxygen atoms in total. The van der Waals surface area contributed by atoms with Crippen LogP contribution in [0.2, 0.25) is 0 Å². The van der Waals surface area contributed by atoms with Gasteiger partial charge < -0.3 is 21.9 Å². The molecule has 3 rings (SSSR count). The van der Waals surface area contributed by atoms with E-state index in [1.807, 2.05) is 30.3 Å². The minimum Gasteiger partial charge on any atom is -0.384 e. The zero-order valence-electron chi connectivity index (χ0n) is 17.1. The highest BCUT2D eigenvalue weighted by molar-refractivity contribution is 5.94. The van der Waals surface area contributed by atoms with Crippen LogP contribution < -0.4 is 16.8 Å². The normalized spacial score (nSPS) is 18.3. The lowest BCUT2D eigenvalue weighted by Crippen LogP contribution is -2.63. The largest absolute Gasteiger partial charge is 0.384 e. The van der Waals surface area contributed by atoms with Crippen LogP contribution in [0.25, 0.3) is 0 Å². The molecule has 2 aromatic rings. The van der Waals surface area contributed by atoms with Gasteiger partial charge in [0.25, 0.3) is 0 Å². The van der Waals surface area contributed by atoms with Crippen LogP contribution in [-0.2, 0) is 17.8 Å². The first kappa shape index (κ1) is 22.0. The van der Waals surface area contributed by atoms with Gasteiger partial charge in [0.15, 0.2) is 0 Å². The lowest BCUT2D eigenvalue weighted by Gasteiger charge is -2.44. The average Bonchev–Trinajstić information content (AvgIpc) is 2.72. The van der Waals surface area contributed by atoms with Crippen LogP contribution in [0.15, 0.2) is 54.6 Å². The van der Waals surface area contributed by atoms with Gasteiger partial charge in [0.1, 0.15) is 12.1 Å². The summed E-state index contributed by atoms with van der Waals surface area (Å²) in [5.41, 5.74) is 14.5. The Morgan fingerprint density at radius 3 is 2.47 bits per heavy atom. The maximum atomic E-state index is 12.6. The molecule has 3 atom stereocenters. The highest BCUT2D eigenvalue weighted by atomic mass is 16.3. The van der Waals surface area contributed by atoms with Gasteiger partial charge in [0.05, 0.1) is 6.04 Å². The molecule has 0 saturated carbocycles. The first-order valence-corrected chi connectivity index (χ1v) is 10.4. The number of aryl methyl sites for hydroxylation is 1. The number of amides is 1. The summed E-state index contributed by atoms with van der Waals surface area (Å²) in [6.45, 7) is 1.06. The molecule has 0 radical (unpaired) electrons. The van der Waals surface area contributed by atoms with Crippen molar-refractivity contribution in [3.05, 3.63) is 71.3 Å². The van der Waals surface area contributed by atoms with E-state index in [4.69, 9.17) is 16.9 Å². The summed E-state index contributed by atoms with van der Waals surface area (Å²) in [6, 6.07) is 16.7. The summed E-state index contributed by atoms with van der Waals surface area (Å²) in [6.07, 6.45) is 2.41. The van der Waals surface area contributed by atoms with Crippen LogP contribution in [0.3, 0.4) is 0 Å². The number of carbonyl (C=O) groups excluding carboxylic acids is 1. The molecule has 1 amide bonds. The van der Waals surface area contributed by atoms with Gasteiger partial charge in [-0.15, -0.1) is 0 Å². The van der Waals surface area contributed by atoms with Crippen LogP contribution in [0, 0.1) is 5.41 Å². The molecule has 0 aromatic heterocycles. The SMILES string of the molecule is N=C(N)c1ccc(CNC(=O)[C@@H]2CCN2C(O)[C@H](N)CCCc2ccccc2)cc1. The van der Waals surface area contributed by atoms with Crippen molar-refractivity contribution < 1.29 is 9.90 Å². The van der Waals surface area contributed by atoms with Crippen LogP contribution in [0.5, 0.6) is 0 Å². The molecule has 1 saturated heterocycles. The average molecular weight is 410 g/mol. The third kappa shape index (κ3) is 5.66. The number of hydrogen-bond donors (Lipinski definition) is 5. The fourth-order valence-electron chi connectivity index (χ4n) is 3.70. The molecule has 1 aliphatic heterocycles. The van der Waals surface area contributed by atoms with Crippen molar-refractivity contribution in [2.24, 2.45) is 11.5 Å². The van der Waals surface area contributed by atoms with E-state index in [-0.39, 0.29) is 23.8 Å². The fraction of sp³-hybridized carbons (Fsp3) is 0.391. The predicted octanol–water partition coefficient (Wildman–Crippen LogP) is 1.33. The molecule has 1 unspecified atom stereocenters. The van der Waals surface area contributed by atoms with Crippen molar-refractivity contribution in [1.82, 2.24) is 10.2 Å². The second-order valence-electron chi connectivity index (χ2n) is 7.83. The highest BCUT2D eigenvalue weighted by Crippen LogP contribution is 2.22. The molecule has 0 bridgehead atoms. The number of rotatable bonds is 10. The van der Waals surface area contributed by atoms with Crippen LogP contribution in [0.1, 0.15) is 36.0 Å². The standard InChI is InChI=1S/C23H31N5O2/c24-19(8-4-7-16-5-2-1-3-6-16)23(30)28-14-13-20(28)22(29)27-15-17-9-11-18(12-10-17)21(25)26/h1-3,5-6,9-12,19-20,23,30H,4,7-8,13-15,24H2,(H3,25,26)(H,27,29)/t19-,20+,23?/m1/s1. The minimum absolute atomic E-state index is 0.0183. The molecular formula is C23H31N5O2. The second-order valence-corrected chi connectivity index (χ2v) is 7.83. The number of carbonyl (C=O) groups is 1. The summed E-state index contributed by atoms with van der Waals surface area (Å²) in [4.78, 5) is 14.3. The van der Waals surface area contributed by atoms with Crippen LogP contribution in [-0.4, -0.2) is 46.6 Å². The Bertz CT molecular complexity index is 840. The van der Waals surface area contributed by atoms with Crippen molar-refractivity contribution in [2.45, 2.75) is 50.5 Å². The van der Waals surface area contributed by atoms with Gasteiger partial charge in [-0.25, -0.2) is 0 Å². The molecule has 7 heteroatoms. The fourth-order valence-corrected chi connectivity index (χ4v) is 3.70. The number of nitrogen functional groups attached to an aromatic ring is 1. The number of aliphatic hydroxyl groups excluding tert-OH is 1. The Balaban J connectivity index is 1.43. The zero-order valence-corrected chi connectivity index (χ0v) is 17.1. The summed E-state index contributed by atoms with van der Waals surface area (Å²) in [5.74, 6) is -0.0859. The van der Waals surface area contributed by atoms with E-state index in [0.717, 1.165) is 18.4 Å². The molecule has 0 spiro atoms. The number of benzene rings is 2. The molecular weight excluding hydrogens is 378 g/mol. The van der Waals surface area contributed by atoms with Gasteiger partial charge >= 0.3 is 0 Å². The molecule has 7 N–H and O–H groups in total. The van der Waals surface area contributed by atoms with E-state index >= 15 is 0 Å². The van der Waals surface area contributed by atoms with Gasteiger partial charge in [0, 0.05) is 24.7 Å². The van der Waals surface area contributed by atoms with Crippen molar-refractivity contribution in [3.63, 3.8) is 0 Å². The zero-order chi connectivity index (χ0) is 21.5. The molecule has 2 aromatic carbocycles. The number of nitrogens with two attached hydrogens (primary N) is 2. The third-order valence-electron chi connectivity index (χ3n) is 5.66. The van der Waals surface area contributed by atoms with E-state index < -0.39 is 6.23 Å². The van der Waals surface area contributed by atoms with E-state index in [1.54, 1.807) is 17.0 Å². The quantitative estimate of drug-likeness (QED) is 0.299. The first-order valence-electron chi connectivity index (χ1n) is 10.4. The Hall–Kier alpha value is -2.74. The third-order valence-corrected chi connectivity index (χ3v) is 5.66. The summed E-state index contributed by atoms with van der Waals surface area (Å²) >= 11 is 0. The van der Waals surface area contributed by atoms with E-state index in [1.165, 1.54) is 5.56 Å². The topological polar surface area (TPSA) is 128 Å². The Morgan fingerprint density at radius 2 is 1.87 bits per heavy atom. The van der Waals surface area contributed by atoms with Gasteiger partial charge in [0.2, 0.25) is 5.91 Å². The van der Waals surface area contributed by atoms with Gasteiger partial charge in [-0.3, -0.25) is 15.1 Å². The number of likely N-dealkylation sites (tertiary alicyclic amines) is 1. The molecule has 30 heavy (non-hydrogen) atoms. The number of aliphatic hydroxyl groups is 1. The Kier molecular flexibility index (Phi) is 7.57. The van der Waals surface area contributed by atoms with E-state index in [9.17, 15) is 9.90 Å². The molecule has 1 aliphatic rings. The molecule has 1 fully saturated rings. The minimum atomic E-state index is -0.819. The highest BCUT2D eigenvalue weighted by Gasteiger charge is 2.39. The monoisotopic (exact) mass is 409 g/mol.